The highest BCUT2D eigenvalue weighted by atomic mass is 19.4. The zero-order chi connectivity index (χ0) is 29.3. The van der Waals surface area contributed by atoms with E-state index in [4.69, 9.17) is 4.74 Å². The third kappa shape index (κ3) is 5.91. The normalized spacial score (nSPS) is 15.3. The third-order valence-corrected chi connectivity index (χ3v) is 6.76. The van der Waals surface area contributed by atoms with Gasteiger partial charge in [0.05, 0.1) is 19.0 Å². The molecule has 4 aromatic rings. The van der Waals surface area contributed by atoms with Crippen molar-refractivity contribution in [2.45, 2.75) is 32.0 Å². The summed E-state index contributed by atoms with van der Waals surface area (Å²) >= 11 is 0. The Kier molecular flexibility index (Phi) is 7.48. The quantitative estimate of drug-likeness (QED) is 0.298. The van der Waals surface area contributed by atoms with Gasteiger partial charge in [-0.1, -0.05) is 29.5 Å². The smallest absolute Gasteiger partial charge is 0.406 e. The minimum absolute atomic E-state index is 0.0385. The van der Waals surface area contributed by atoms with Crippen LogP contribution in [0.2, 0.25) is 0 Å². The van der Waals surface area contributed by atoms with Crippen molar-refractivity contribution in [3.8, 4) is 28.1 Å². The Bertz CT molecular complexity index is 1620. The Hall–Kier alpha value is -4.74. The number of ether oxygens (including phenoxy) is 1. The van der Waals surface area contributed by atoms with Crippen molar-refractivity contribution < 1.29 is 31.9 Å². The largest absolute Gasteiger partial charge is 0.496 e. The summed E-state index contributed by atoms with van der Waals surface area (Å²) < 4.78 is 61.7. The first kappa shape index (κ1) is 27.8. The highest BCUT2D eigenvalue weighted by Gasteiger charge is 2.40. The number of nitrogens with zero attached hydrogens (tertiary/aromatic N) is 4. The van der Waals surface area contributed by atoms with Crippen molar-refractivity contribution in [2.24, 2.45) is 0 Å². The van der Waals surface area contributed by atoms with Crippen LogP contribution in [0.25, 0.3) is 22.4 Å². The lowest BCUT2D eigenvalue weighted by atomic mass is 10.0. The van der Waals surface area contributed by atoms with Crippen LogP contribution in [0.4, 0.5) is 28.9 Å². The fourth-order valence-corrected chi connectivity index (χ4v) is 4.96. The highest BCUT2D eigenvalue weighted by Crippen LogP contribution is 2.37. The molecule has 12 heteroatoms. The number of anilines is 2. The van der Waals surface area contributed by atoms with Gasteiger partial charge in [0.1, 0.15) is 29.8 Å². The van der Waals surface area contributed by atoms with E-state index in [-0.39, 0.29) is 30.0 Å². The molecule has 1 aromatic heterocycles. The number of nitrogens with one attached hydrogen (secondary N) is 1. The first-order valence-electron chi connectivity index (χ1n) is 12.7. The van der Waals surface area contributed by atoms with Crippen LogP contribution >= 0.6 is 0 Å². The standard InChI is InChI=1S/C29H25F4N5O3/c1-17(39)34-20-6-3-5-18(13-20)21-10-9-19(14-27(21)41-2)24-15-38(36-35-24)26-12-11-22-23(30)7-4-8-25(22)37(28(26)40)16-29(31,32)33/h3-10,13-15,26H,11-12,16H2,1-2H3,(H,34,39). The van der Waals surface area contributed by atoms with Gasteiger partial charge in [-0.2, -0.15) is 13.2 Å². The van der Waals surface area contributed by atoms with E-state index in [0.29, 0.717) is 27.6 Å². The molecule has 1 aliphatic rings. The molecule has 1 N–H and O–H groups in total. The first-order chi connectivity index (χ1) is 19.5. The van der Waals surface area contributed by atoms with E-state index in [1.54, 1.807) is 36.4 Å². The molecule has 0 saturated heterocycles. The molecular weight excluding hydrogens is 542 g/mol. The second kappa shape index (κ2) is 11.0. The number of carbonyl (C=O) groups is 2. The number of halogens is 4. The molecule has 3 aromatic carbocycles. The zero-order valence-corrected chi connectivity index (χ0v) is 22.1. The summed E-state index contributed by atoms with van der Waals surface area (Å²) in [5, 5.41) is 11.0. The first-order valence-corrected chi connectivity index (χ1v) is 12.7. The predicted octanol–water partition coefficient (Wildman–Crippen LogP) is 5.80. The number of hydrogen-bond donors (Lipinski definition) is 1. The third-order valence-electron chi connectivity index (χ3n) is 6.76. The monoisotopic (exact) mass is 567 g/mol. The molecule has 0 fully saturated rings. The van der Waals surface area contributed by atoms with Gasteiger partial charge in [0.25, 0.3) is 5.91 Å². The molecule has 0 spiro atoms. The van der Waals surface area contributed by atoms with Crippen LogP contribution in [0.1, 0.15) is 24.9 Å². The van der Waals surface area contributed by atoms with E-state index < -0.39 is 30.5 Å². The number of rotatable bonds is 6. The molecular formula is C29H25F4N5O3. The molecule has 2 heterocycles. The average Bonchev–Trinajstić information content (AvgIpc) is 3.36. The molecule has 41 heavy (non-hydrogen) atoms. The molecule has 1 aliphatic heterocycles. The topological polar surface area (TPSA) is 89.3 Å². The Balaban J connectivity index is 1.46. The molecule has 8 nitrogen and oxygen atoms in total. The molecule has 0 aliphatic carbocycles. The molecule has 0 bridgehead atoms. The second-order valence-electron chi connectivity index (χ2n) is 9.59. The summed E-state index contributed by atoms with van der Waals surface area (Å²) in [7, 11) is 1.51. The van der Waals surface area contributed by atoms with E-state index in [9.17, 15) is 27.2 Å². The van der Waals surface area contributed by atoms with Gasteiger partial charge < -0.3 is 15.0 Å². The summed E-state index contributed by atoms with van der Waals surface area (Å²) in [6.07, 6.45) is -3.13. The summed E-state index contributed by atoms with van der Waals surface area (Å²) in [4.78, 5) is 25.4. The number of methoxy groups -OCH3 is 1. The second-order valence-corrected chi connectivity index (χ2v) is 9.59. The molecule has 0 saturated carbocycles. The number of alkyl halides is 3. The number of carbonyl (C=O) groups excluding carboxylic acids is 2. The zero-order valence-electron chi connectivity index (χ0n) is 22.1. The highest BCUT2D eigenvalue weighted by molar-refractivity contribution is 5.97. The van der Waals surface area contributed by atoms with Crippen LogP contribution in [0.3, 0.4) is 0 Å². The van der Waals surface area contributed by atoms with Gasteiger partial charge in [-0.25, -0.2) is 9.07 Å². The van der Waals surface area contributed by atoms with Crippen molar-refractivity contribution >= 4 is 23.2 Å². The van der Waals surface area contributed by atoms with E-state index in [1.807, 2.05) is 6.07 Å². The van der Waals surface area contributed by atoms with Crippen LogP contribution in [-0.4, -0.2) is 46.6 Å². The summed E-state index contributed by atoms with van der Waals surface area (Å²) in [6.45, 7) is -0.134. The van der Waals surface area contributed by atoms with Crippen molar-refractivity contribution in [2.75, 3.05) is 23.9 Å². The van der Waals surface area contributed by atoms with Crippen molar-refractivity contribution in [3.05, 3.63) is 78.2 Å². The summed E-state index contributed by atoms with van der Waals surface area (Å²) in [5.41, 5.74) is 3.08. The van der Waals surface area contributed by atoms with E-state index >= 15 is 0 Å². The van der Waals surface area contributed by atoms with Gasteiger partial charge in [-0.15, -0.1) is 5.10 Å². The molecule has 1 atom stereocenters. The van der Waals surface area contributed by atoms with Crippen molar-refractivity contribution in [3.63, 3.8) is 0 Å². The lowest BCUT2D eigenvalue weighted by Gasteiger charge is -2.26. The maximum atomic E-state index is 14.6. The fourth-order valence-electron chi connectivity index (χ4n) is 4.96. The van der Waals surface area contributed by atoms with E-state index in [0.717, 1.165) is 17.2 Å². The van der Waals surface area contributed by atoms with Crippen LogP contribution in [0.5, 0.6) is 5.75 Å². The summed E-state index contributed by atoms with van der Waals surface area (Å²) in [5.74, 6) is -1.22. The van der Waals surface area contributed by atoms with Crippen LogP contribution in [0.15, 0.2) is 66.9 Å². The SMILES string of the molecule is COc1cc(-c2cn(C3CCc4c(F)cccc4N(CC(F)(F)F)C3=O)nn2)ccc1-c1cccc(NC(C)=O)c1. The fraction of sp³-hybridized carbons (Fsp3) is 0.241. The minimum Gasteiger partial charge on any atom is -0.496 e. The van der Waals surface area contributed by atoms with Crippen molar-refractivity contribution in [1.82, 2.24) is 15.0 Å². The Morgan fingerprint density at radius 1 is 1.10 bits per heavy atom. The maximum absolute atomic E-state index is 14.6. The summed E-state index contributed by atoms with van der Waals surface area (Å²) in [6, 6.07) is 15.2. The van der Waals surface area contributed by atoms with Crippen LogP contribution in [-0.2, 0) is 16.0 Å². The van der Waals surface area contributed by atoms with Gasteiger partial charge in [-0.3, -0.25) is 9.59 Å². The lowest BCUT2D eigenvalue weighted by Crippen LogP contribution is -2.42. The van der Waals surface area contributed by atoms with Gasteiger partial charge in [-0.05, 0) is 54.8 Å². The number of benzene rings is 3. The van der Waals surface area contributed by atoms with Crippen molar-refractivity contribution in [1.29, 1.82) is 0 Å². The Morgan fingerprint density at radius 2 is 1.88 bits per heavy atom. The molecule has 0 radical (unpaired) electrons. The van der Waals surface area contributed by atoms with Gasteiger partial charge in [0.2, 0.25) is 5.91 Å². The Morgan fingerprint density at radius 3 is 2.61 bits per heavy atom. The van der Waals surface area contributed by atoms with Crippen LogP contribution in [0, 0.1) is 5.82 Å². The van der Waals surface area contributed by atoms with E-state index in [1.165, 1.54) is 37.0 Å². The lowest BCUT2D eigenvalue weighted by molar-refractivity contribution is -0.134. The Labute approximate surface area is 232 Å². The minimum atomic E-state index is -4.69. The van der Waals surface area contributed by atoms with Gasteiger partial charge in [0, 0.05) is 29.3 Å². The van der Waals surface area contributed by atoms with E-state index in [2.05, 4.69) is 15.6 Å². The number of amides is 2. The number of fused-ring (bicyclic) bond motifs is 1. The predicted molar refractivity (Wildman–Crippen MR) is 144 cm³/mol. The molecule has 2 amide bonds. The number of hydrogen-bond acceptors (Lipinski definition) is 5. The molecule has 212 valence electrons. The molecule has 5 rings (SSSR count). The van der Waals surface area contributed by atoms with Gasteiger partial charge in [0.15, 0.2) is 0 Å². The van der Waals surface area contributed by atoms with Gasteiger partial charge >= 0.3 is 6.18 Å². The number of aromatic nitrogens is 3. The molecule has 1 unspecified atom stereocenters. The average molecular weight is 568 g/mol. The maximum Gasteiger partial charge on any atom is 0.406 e. The van der Waals surface area contributed by atoms with Crippen LogP contribution < -0.4 is 15.0 Å².